The van der Waals surface area contributed by atoms with Gasteiger partial charge in [-0.1, -0.05) is 12.2 Å². The lowest BCUT2D eigenvalue weighted by molar-refractivity contribution is -0.152. The Morgan fingerprint density at radius 1 is 0.792 bits per heavy atom. The largest absolute Gasteiger partial charge is 0.481 e. The molecule has 0 saturated heterocycles. The van der Waals surface area contributed by atoms with Gasteiger partial charge in [-0.25, -0.2) is 9.59 Å². The molecule has 2 unspecified atom stereocenters. The third-order valence-electron chi connectivity index (χ3n) is 3.40. The molecule has 8 nitrogen and oxygen atoms in total. The van der Waals surface area contributed by atoms with Crippen LogP contribution in [0.4, 0.5) is 0 Å². The van der Waals surface area contributed by atoms with Crippen molar-refractivity contribution in [2.24, 2.45) is 11.8 Å². The maximum Gasteiger partial charge on any atom is 0.335 e. The highest BCUT2D eigenvalue weighted by Crippen LogP contribution is 2.24. The lowest BCUT2D eigenvalue weighted by atomic mass is 9.84. The fourth-order valence-corrected chi connectivity index (χ4v) is 2.12. The van der Waals surface area contributed by atoms with Crippen LogP contribution in [0.1, 0.15) is 33.6 Å². The van der Waals surface area contributed by atoms with Gasteiger partial charge in [0.2, 0.25) is 0 Å². The van der Waals surface area contributed by atoms with Gasteiger partial charge >= 0.3 is 23.9 Å². The number of carboxylic acids is 4. The number of aliphatic carboxylic acids is 2. The van der Waals surface area contributed by atoms with Gasteiger partial charge in [-0.3, -0.25) is 9.59 Å². The van der Waals surface area contributed by atoms with Crippen molar-refractivity contribution in [3.05, 3.63) is 47.5 Å². The van der Waals surface area contributed by atoms with Gasteiger partial charge in [0.1, 0.15) is 0 Å². The molecule has 1 aromatic carbocycles. The van der Waals surface area contributed by atoms with Gasteiger partial charge in [0.15, 0.2) is 0 Å². The third kappa shape index (κ3) is 5.24. The molecule has 0 fully saturated rings. The van der Waals surface area contributed by atoms with Crippen LogP contribution in [0, 0.1) is 11.8 Å². The maximum absolute atomic E-state index is 10.6. The van der Waals surface area contributed by atoms with Crippen LogP contribution in [0.15, 0.2) is 36.4 Å². The van der Waals surface area contributed by atoms with Crippen LogP contribution in [0.5, 0.6) is 0 Å². The van der Waals surface area contributed by atoms with Gasteiger partial charge in [-0.2, -0.15) is 0 Å². The summed E-state index contributed by atoms with van der Waals surface area (Å²) in [7, 11) is 0. The van der Waals surface area contributed by atoms with Gasteiger partial charge in [-0.05, 0) is 37.1 Å². The summed E-state index contributed by atoms with van der Waals surface area (Å²) in [5.41, 5.74) is 0.167. The van der Waals surface area contributed by atoms with Crippen LogP contribution in [0.2, 0.25) is 0 Å². The molecule has 1 aliphatic carbocycles. The quantitative estimate of drug-likeness (QED) is 0.608. The number of hydrogen-bond donors (Lipinski definition) is 4. The minimum Gasteiger partial charge on any atom is -0.481 e. The minimum atomic E-state index is -1.06. The Hall–Kier alpha value is -3.16. The first-order chi connectivity index (χ1) is 11.2. The van der Waals surface area contributed by atoms with Crippen LogP contribution >= 0.6 is 0 Å². The number of rotatable bonds is 4. The standard InChI is InChI=1S/C8H6O4.C8H10O4/c9-7(10)5-1-2-6(4-3-5)8(11)12;9-7(10)5-3-1-2-4-6(5)8(11)12/h1-4H,(H,9,10)(H,11,12);1,3,5-6H,2,4H2,(H,9,10)(H,11,12). The number of hydrogen-bond acceptors (Lipinski definition) is 4. The van der Waals surface area contributed by atoms with Crippen molar-refractivity contribution in [1.82, 2.24) is 0 Å². The Balaban J connectivity index is 0.000000240. The molecule has 2 atom stereocenters. The van der Waals surface area contributed by atoms with Crippen molar-refractivity contribution in [3.63, 3.8) is 0 Å². The van der Waals surface area contributed by atoms with Gasteiger partial charge in [0, 0.05) is 0 Å². The van der Waals surface area contributed by atoms with Crippen molar-refractivity contribution in [3.8, 4) is 0 Å². The van der Waals surface area contributed by atoms with Crippen LogP contribution in [-0.4, -0.2) is 44.3 Å². The van der Waals surface area contributed by atoms with Gasteiger partial charge in [0.05, 0.1) is 23.0 Å². The summed E-state index contributed by atoms with van der Waals surface area (Å²) in [6.45, 7) is 0. The topological polar surface area (TPSA) is 149 Å². The summed E-state index contributed by atoms with van der Waals surface area (Å²) >= 11 is 0. The zero-order valence-corrected chi connectivity index (χ0v) is 12.5. The molecule has 0 heterocycles. The average molecular weight is 336 g/mol. The fourth-order valence-electron chi connectivity index (χ4n) is 2.12. The molecule has 128 valence electrons. The number of aromatic carboxylic acids is 2. The molecule has 8 heteroatoms. The Bertz CT molecular complexity index is 626. The summed E-state index contributed by atoms with van der Waals surface area (Å²) in [4.78, 5) is 41.8. The maximum atomic E-state index is 10.6. The summed E-state index contributed by atoms with van der Waals surface area (Å²) in [5, 5.41) is 34.2. The molecule has 0 aliphatic heterocycles. The lowest BCUT2D eigenvalue weighted by Crippen LogP contribution is -2.30. The predicted molar refractivity (Wildman–Crippen MR) is 81.0 cm³/mol. The molecule has 0 amide bonds. The molecule has 0 spiro atoms. The van der Waals surface area contributed by atoms with Crippen LogP contribution in [0.3, 0.4) is 0 Å². The van der Waals surface area contributed by atoms with E-state index in [1.54, 1.807) is 6.08 Å². The third-order valence-corrected chi connectivity index (χ3v) is 3.40. The highest BCUT2D eigenvalue weighted by atomic mass is 16.4. The van der Waals surface area contributed by atoms with Crippen molar-refractivity contribution in [2.45, 2.75) is 12.8 Å². The monoisotopic (exact) mass is 336 g/mol. The van der Waals surface area contributed by atoms with E-state index in [2.05, 4.69) is 0 Å². The molecule has 4 N–H and O–H groups in total. The van der Waals surface area contributed by atoms with Crippen molar-refractivity contribution in [2.75, 3.05) is 0 Å². The van der Waals surface area contributed by atoms with E-state index in [-0.39, 0.29) is 11.1 Å². The normalized spacial score (nSPS) is 18.8. The fraction of sp³-hybridized carbons (Fsp3) is 0.250. The van der Waals surface area contributed by atoms with E-state index in [1.807, 2.05) is 0 Å². The van der Waals surface area contributed by atoms with E-state index >= 15 is 0 Å². The lowest BCUT2D eigenvalue weighted by Gasteiger charge is -2.19. The Morgan fingerprint density at radius 3 is 1.54 bits per heavy atom. The molecule has 0 bridgehead atoms. The molecule has 0 radical (unpaired) electrons. The molecular weight excluding hydrogens is 320 g/mol. The number of carboxylic acid groups (broad SMARTS) is 4. The summed E-state index contributed by atoms with van der Waals surface area (Å²) in [6.07, 6.45) is 4.26. The molecule has 2 rings (SSSR count). The summed E-state index contributed by atoms with van der Waals surface area (Å²) in [5.74, 6) is -5.81. The number of carbonyl (C=O) groups is 4. The predicted octanol–water partition coefficient (Wildman–Crippen LogP) is 1.82. The zero-order chi connectivity index (χ0) is 18.3. The van der Waals surface area contributed by atoms with E-state index < -0.39 is 35.7 Å². The Kier molecular flexibility index (Phi) is 6.66. The highest BCUT2D eigenvalue weighted by molar-refractivity contribution is 5.91. The Morgan fingerprint density at radius 2 is 1.25 bits per heavy atom. The van der Waals surface area contributed by atoms with Crippen molar-refractivity contribution < 1.29 is 39.6 Å². The van der Waals surface area contributed by atoms with E-state index in [1.165, 1.54) is 30.3 Å². The highest BCUT2D eigenvalue weighted by Gasteiger charge is 2.32. The van der Waals surface area contributed by atoms with Gasteiger partial charge in [0.25, 0.3) is 0 Å². The summed E-state index contributed by atoms with van der Waals surface area (Å²) < 4.78 is 0. The Labute approximate surface area is 136 Å². The van der Waals surface area contributed by atoms with Crippen LogP contribution in [-0.2, 0) is 9.59 Å². The summed E-state index contributed by atoms with van der Waals surface area (Å²) in [6, 6.07) is 5.02. The second-order valence-electron chi connectivity index (χ2n) is 5.00. The molecule has 1 aliphatic rings. The molecule has 0 aromatic heterocycles. The van der Waals surface area contributed by atoms with Crippen molar-refractivity contribution in [1.29, 1.82) is 0 Å². The molecule has 24 heavy (non-hydrogen) atoms. The first-order valence-electron chi connectivity index (χ1n) is 6.93. The van der Waals surface area contributed by atoms with Crippen LogP contribution < -0.4 is 0 Å². The molecule has 0 saturated carbocycles. The van der Waals surface area contributed by atoms with E-state index in [9.17, 15) is 19.2 Å². The minimum absolute atomic E-state index is 0.0833. The van der Waals surface area contributed by atoms with E-state index in [0.717, 1.165) is 0 Å². The average Bonchev–Trinajstić information content (AvgIpc) is 2.55. The first kappa shape index (κ1) is 18.9. The smallest absolute Gasteiger partial charge is 0.335 e. The molecular formula is C16H16O8. The van der Waals surface area contributed by atoms with Crippen molar-refractivity contribution >= 4 is 23.9 Å². The first-order valence-corrected chi connectivity index (χ1v) is 6.93. The van der Waals surface area contributed by atoms with E-state index in [0.29, 0.717) is 12.8 Å². The second kappa shape index (κ2) is 8.47. The van der Waals surface area contributed by atoms with E-state index in [4.69, 9.17) is 20.4 Å². The SMILES string of the molecule is O=C(O)C1C=CCCC1C(=O)O.O=C(O)c1ccc(C(=O)O)cc1. The zero-order valence-electron chi connectivity index (χ0n) is 12.5. The number of allylic oxidation sites excluding steroid dienone is 1. The number of benzene rings is 1. The second-order valence-corrected chi connectivity index (χ2v) is 5.00. The van der Waals surface area contributed by atoms with Gasteiger partial charge in [-0.15, -0.1) is 0 Å². The van der Waals surface area contributed by atoms with Gasteiger partial charge < -0.3 is 20.4 Å². The van der Waals surface area contributed by atoms with Crippen LogP contribution in [0.25, 0.3) is 0 Å². The molecule has 1 aromatic rings.